The van der Waals surface area contributed by atoms with E-state index in [4.69, 9.17) is 5.73 Å². The number of nitrogens with two attached hydrogens (primary N) is 1. The monoisotopic (exact) mass is 512 g/mol. The smallest absolute Gasteiger partial charge is 0.141 e. The molecule has 4 nitrogen and oxygen atoms in total. The molecule has 0 aliphatic carbocycles. The maximum absolute atomic E-state index is 15.9. The minimum Gasteiger partial charge on any atom is -0.398 e. The van der Waals surface area contributed by atoms with Crippen LogP contribution in [-0.2, 0) is 6.54 Å². The number of anilines is 1. The highest BCUT2D eigenvalue weighted by Crippen LogP contribution is 2.35. The summed E-state index contributed by atoms with van der Waals surface area (Å²) in [5.41, 5.74) is 12.8. The van der Waals surface area contributed by atoms with Crippen LogP contribution in [0.1, 0.15) is 30.5 Å². The number of aromatic nitrogens is 1. The highest BCUT2D eigenvalue weighted by Gasteiger charge is 2.19. The summed E-state index contributed by atoms with van der Waals surface area (Å²) in [7, 11) is 3.93. The second-order valence-electron chi connectivity index (χ2n) is 9.37. The van der Waals surface area contributed by atoms with Gasteiger partial charge in [0.1, 0.15) is 11.6 Å². The van der Waals surface area contributed by atoms with E-state index in [-0.39, 0.29) is 17.1 Å². The fourth-order valence-corrected chi connectivity index (χ4v) is 4.14. The van der Waals surface area contributed by atoms with Crippen LogP contribution in [0, 0.1) is 11.6 Å². The first-order chi connectivity index (χ1) is 18.0. The van der Waals surface area contributed by atoms with Crippen LogP contribution < -0.4 is 11.1 Å². The van der Waals surface area contributed by atoms with E-state index in [0.29, 0.717) is 28.9 Å². The van der Waals surface area contributed by atoms with Crippen molar-refractivity contribution in [1.29, 1.82) is 0 Å². The van der Waals surface area contributed by atoms with E-state index < -0.39 is 5.82 Å². The summed E-state index contributed by atoms with van der Waals surface area (Å²) in [6, 6.07) is 11.5. The Labute approximate surface area is 224 Å². The standard InChI is InChI=1S/C32H34F2N4/c1-8-9-28(25-10-12-27(33)13-11-25)20(2)22(4)37-23(5)21(3)31-30(35)15-14-29(32(31)34)26-16-24(17-36-18-26)19-38(6)7/h8-18,37H,1,3,5,19,35H2,2,4,6-7H3/b22-20+,28-9+. The molecule has 0 amide bonds. The molecule has 0 unspecified atom stereocenters. The quantitative estimate of drug-likeness (QED) is 0.220. The number of allylic oxidation sites excluding steroid dienone is 6. The molecule has 0 saturated carbocycles. The van der Waals surface area contributed by atoms with Crippen molar-refractivity contribution < 1.29 is 8.78 Å². The lowest BCUT2D eigenvalue weighted by Crippen LogP contribution is -2.14. The van der Waals surface area contributed by atoms with Gasteiger partial charge in [-0.2, -0.15) is 0 Å². The third-order valence-electron chi connectivity index (χ3n) is 6.19. The Kier molecular flexibility index (Phi) is 9.16. The number of nitrogens with zero attached hydrogens (tertiary/aromatic N) is 2. The molecule has 0 saturated heterocycles. The average Bonchev–Trinajstić information content (AvgIpc) is 2.87. The predicted octanol–water partition coefficient (Wildman–Crippen LogP) is 7.35. The zero-order chi connectivity index (χ0) is 28.0. The van der Waals surface area contributed by atoms with Crippen LogP contribution in [0.5, 0.6) is 0 Å². The molecule has 0 spiro atoms. The van der Waals surface area contributed by atoms with Crippen molar-refractivity contribution in [2.24, 2.45) is 0 Å². The molecule has 0 aliphatic heterocycles. The van der Waals surface area contributed by atoms with Gasteiger partial charge in [-0.25, -0.2) is 8.78 Å². The maximum atomic E-state index is 15.9. The van der Waals surface area contributed by atoms with Crippen LogP contribution in [0.25, 0.3) is 22.3 Å². The summed E-state index contributed by atoms with van der Waals surface area (Å²) in [5, 5.41) is 3.24. The Morgan fingerprint density at radius 1 is 1.05 bits per heavy atom. The molecule has 3 aromatic rings. The second kappa shape index (κ2) is 12.3. The highest BCUT2D eigenvalue weighted by atomic mass is 19.1. The zero-order valence-electron chi connectivity index (χ0n) is 22.4. The summed E-state index contributed by atoms with van der Waals surface area (Å²) in [6.07, 6.45) is 6.92. The molecule has 0 atom stereocenters. The third kappa shape index (κ3) is 6.52. The fraction of sp³-hybridized carbons (Fsp3) is 0.156. The minimum atomic E-state index is -0.487. The normalized spacial score (nSPS) is 12.2. The van der Waals surface area contributed by atoms with Gasteiger partial charge in [-0.1, -0.05) is 44.0 Å². The van der Waals surface area contributed by atoms with Gasteiger partial charge in [0.25, 0.3) is 0 Å². The van der Waals surface area contributed by atoms with E-state index in [1.807, 2.05) is 45.0 Å². The Morgan fingerprint density at radius 2 is 1.74 bits per heavy atom. The molecule has 3 N–H and O–H groups in total. The molecule has 196 valence electrons. The van der Waals surface area contributed by atoms with Crippen molar-refractivity contribution in [3.05, 3.63) is 132 Å². The topological polar surface area (TPSA) is 54.2 Å². The van der Waals surface area contributed by atoms with Crippen molar-refractivity contribution in [3.63, 3.8) is 0 Å². The first kappa shape index (κ1) is 28.3. The molecule has 0 aliphatic rings. The molecule has 0 fully saturated rings. The van der Waals surface area contributed by atoms with Gasteiger partial charge >= 0.3 is 0 Å². The van der Waals surface area contributed by atoms with Gasteiger partial charge in [-0.3, -0.25) is 4.98 Å². The average molecular weight is 513 g/mol. The Balaban J connectivity index is 1.93. The number of pyridine rings is 1. The van der Waals surface area contributed by atoms with Gasteiger partial charge in [-0.15, -0.1) is 0 Å². The molecule has 2 aromatic carbocycles. The van der Waals surface area contributed by atoms with Crippen molar-refractivity contribution in [3.8, 4) is 11.1 Å². The highest BCUT2D eigenvalue weighted by molar-refractivity contribution is 5.87. The van der Waals surface area contributed by atoms with Crippen LogP contribution in [0.2, 0.25) is 0 Å². The summed E-state index contributed by atoms with van der Waals surface area (Å²) in [4.78, 5) is 6.31. The van der Waals surface area contributed by atoms with Gasteiger partial charge in [0.05, 0.1) is 0 Å². The minimum absolute atomic E-state index is 0.184. The summed E-state index contributed by atoms with van der Waals surface area (Å²) >= 11 is 0. The third-order valence-corrected chi connectivity index (χ3v) is 6.19. The van der Waals surface area contributed by atoms with Crippen molar-refractivity contribution in [2.45, 2.75) is 20.4 Å². The largest absolute Gasteiger partial charge is 0.398 e. The number of hydrogen-bond donors (Lipinski definition) is 2. The molecule has 0 bridgehead atoms. The lowest BCUT2D eigenvalue weighted by Gasteiger charge is -2.19. The van der Waals surface area contributed by atoms with Gasteiger partial charge in [0.15, 0.2) is 0 Å². The van der Waals surface area contributed by atoms with E-state index in [1.54, 1.807) is 42.7 Å². The molecular weight excluding hydrogens is 478 g/mol. The number of nitrogens with one attached hydrogen (secondary N) is 1. The molecule has 1 aromatic heterocycles. The van der Waals surface area contributed by atoms with Gasteiger partial charge in [-0.05, 0) is 80.5 Å². The van der Waals surface area contributed by atoms with Crippen LogP contribution in [-0.4, -0.2) is 24.0 Å². The molecular formula is C32H34F2N4. The maximum Gasteiger partial charge on any atom is 0.141 e. The van der Waals surface area contributed by atoms with Gasteiger partial charge in [0, 0.05) is 58.3 Å². The summed E-state index contributed by atoms with van der Waals surface area (Å²) in [6.45, 7) is 16.5. The Hall–Kier alpha value is -4.29. The fourth-order valence-electron chi connectivity index (χ4n) is 4.14. The van der Waals surface area contributed by atoms with Crippen LogP contribution in [0.15, 0.2) is 104 Å². The van der Waals surface area contributed by atoms with E-state index in [0.717, 1.165) is 28.0 Å². The Morgan fingerprint density at radius 3 is 2.37 bits per heavy atom. The molecule has 3 rings (SSSR count). The van der Waals surface area contributed by atoms with E-state index in [2.05, 4.69) is 30.0 Å². The first-order valence-corrected chi connectivity index (χ1v) is 12.1. The lowest BCUT2D eigenvalue weighted by atomic mass is 9.95. The molecule has 1 heterocycles. The van der Waals surface area contributed by atoms with E-state index in [1.165, 1.54) is 12.1 Å². The van der Waals surface area contributed by atoms with E-state index >= 15 is 4.39 Å². The van der Waals surface area contributed by atoms with Crippen LogP contribution in [0.4, 0.5) is 14.5 Å². The first-order valence-electron chi connectivity index (χ1n) is 12.1. The zero-order valence-corrected chi connectivity index (χ0v) is 22.4. The Bertz CT molecular complexity index is 1430. The number of benzene rings is 2. The lowest BCUT2D eigenvalue weighted by molar-refractivity contribution is 0.402. The molecule has 6 heteroatoms. The number of halogens is 2. The SMILES string of the molecule is C=C/C=C(\C(C)=C(/C)NC(=C)C(=C)c1c(N)ccc(-c2cncc(CN(C)C)c2)c1F)c1ccc(F)cc1. The number of nitrogen functional groups attached to an aromatic ring is 1. The molecule has 38 heavy (non-hydrogen) atoms. The van der Waals surface area contributed by atoms with Crippen molar-refractivity contribution >= 4 is 16.8 Å². The van der Waals surface area contributed by atoms with Crippen molar-refractivity contribution in [1.82, 2.24) is 15.2 Å². The summed E-state index contributed by atoms with van der Waals surface area (Å²) < 4.78 is 29.3. The van der Waals surface area contributed by atoms with Crippen molar-refractivity contribution in [2.75, 3.05) is 19.8 Å². The van der Waals surface area contributed by atoms with Gasteiger partial charge in [0.2, 0.25) is 0 Å². The molecule has 0 radical (unpaired) electrons. The van der Waals surface area contributed by atoms with Gasteiger partial charge < -0.3 is 16.0 Å². The van der Waals surface area contributed by atoms with E-state index in [9.17, 15) is 4.39 Å². The predicted molar refractivity (Wildman–Crippen MR) is 156 cm³/mol. The number of hydrogen-bond acceptors (Lipinski definition) is 4. The van der Waals surface area contributed by atoms with Crippen LogP contribution >= 0.6 is 0 Å². The van der Waals surface area contributed by atoms with Crippen LogP contribution in [0.3, 0.4) is 0 Å². The second-order valence-corrected chi connectivity index (χ2v) is 9.37. The summed E-state index contributed by atoms with van der Waals surface area (Å²) in [5.74, 6) is -0.798. The number of rotatable bonds is 10.